The SMILES string of the molecule is ClC(Cc1ccccc1)B1OCCO1. The van der Waals surface area contributed by atoms with Gasteiger partial charge in [-0.1, -0.05) is 30.3 Å². The third-order valence-electron chi connectivity index (χ3n) is 2.22. The van der Waals surface area contributed by atoms with E-state index >= 15 is 0 Å². The van der Waals surface area contributed by atoms with E-state index in [9.17, 15) is 0 Å². The van der Waals surface area contributed by atoms with Crippen LogP contribution in [-0.2, 0) is 15.7 Å². The first kappa shape index (κ1) is 10.0. The van der Waals surface area contributed by atoms with Crippen LogP contribution in [0.15, 0.2) is 30.3 Å². The summed E-state index contributed by atoms with van der Waals surface area (Å²) in [5.41, 5.74) is 1.21. The first-order valence-corrected chi connectivity index (χ1v) is 5.21. The van der Waals surface area contributed by atoms with Crippen LogP contribution in [0.3, 0.4) is 0 Å². The van der Waals surface area contributed by atoms with Crippen LogP contribution < -0.4 is 0 Å². The number of benzene rings is 1. The molecule has 4 heteroatoms. The molecule has 0 amide bonds. The number of rotatable bonds is 3. The van der Waals surface area contributed by atoms with Crippen molar-refractivity contribution in [3.8, 4) is 0 Å². The van der Waals surface area contributed by atoms with Crippen molar-refractivity contribution in [3.05, 3.63) is 35.9 Å². The van der Waals surface area contributed by atoms with Gasteiger partial charge in [-0.25, -0.2) is 0 Å². The van der Waals surface area contributed by atoms with Gasteiger partial charge in [0.1, 0.15) is 0 Å². The van der Waals surface area contributed by atoms with Crippen LogP contribution in [0.2, 0.25) is 0 Å². The summed E-state index contributed by atoms with van der Waals surface area (Å²) in [6.07, 6.45) is 0.785. The average molecular weight is 210 g/mol. The molecule has 0 radical (unpaired) electrons. The Morgan fingerprint density at radius 2 is 1.86 bits per heavy atom. The van der Waals surface area contributed by atoms with Gasteiger partial charge >= 0.3 is 7.12 Å². The van der Waals surface area contributed by atoms with Gasteiger partial charge in [0.05, 0.1) is 18.5 Å². The van der Waals surface area contributed by atoms with Crippen molar-refractivity contribution in [2.24, 2.45) is 0 Å². The molecule has 14 heavy (non-hydrogen) atoms. The Bertz CT molecular complexity index is 275. The molecule has 0 saturated carbocycles. The highest BCUT2D eigenvalue weighted by atomic mass is 35.5. The molecule has 1 heterocycles. The minimum Gasteiger partial charge on any atom is -0.408 e. The fourth-order valence-corrected chi connectivity index (χ4v) is 1.84. The molecule has 1 unspecified atom stereocenters. The first-order chi connectivity index (χ1) is 6.86. The van der Waals surface area contributed by atoms with E-state index in [2.05, 4.69) is 12.1 Å². The highest BCUT2D eigenvalue weighted by Crippen LogP contribution is 2.15. The number of halogens is 1. The van der Waals surface area contributed by atoms with Crippen molar-refractivity contribution in [1.82, 2.24) is 0 Å². The molecule has 74 valence electrons. The molecule has 0 aliphatic carbocycles. The average Bonchev–Trinajstić information content (AvgIpc) is 2.72. The van der Waals surface area contributed by atoms with Crippen molar-refractivity contribution in [1.29, 1.82) is 0 Å². The summed E-state index contributed by atoms with van der Waals surface area (Å²) < 4.78 is 10.7. The summed E-state index contributed by atoms with van der Waals surface area (Å²) in [6.45, 7) is 1.31. The summed E-state index contributed by atoms with van der Waals surface area (Å²) in [6, 6.07) is 10.1. The Labute approximate surface area is 89.3 Å². The number of alkyl halides is 1. The van der Waals surface area contributed by atoms with Crippen LogP contribution in [0, 0.1) is 0 Å². The lowest BCUT2D eigenvalue weighted by molar-refractivity contribution is 0.365. The van der Waals surface area contributed by atoms with Crippen LogP contribution in [0.5, 0.6) is 0 Å². The maximum absolute atomic E-state index is 6.17. The van der Waals surface area contributed by atoms with Crippen LogP contribution in [0.1, 0.15) is 5.56 Å². The van der Waals surface area contributed by atoms with Gasteiger partial charge in [-0.05, 0) is 12.0 Å². The van der Waals surface area contributed by atoms with E-state index in [0.29, 0.717) is 13.2 Å². The zero-order valence-corrected chi connectivity index (χ0v) is 8.61. The predicted octanol–water partition coefficient (Wildman–Crippen LogP) is 1.91. The zero-order chi connectivity index (χ0) is 9.80. The van der Waals surface area contributed by atoms with Crippen molar-refractivity contribution in [2.45, 2.75) is 11.7 Å². The van der Waals surface area contributed by atoms with Gasteiger partial charge < -0.3 is 9.31 Å². The third-order valence-corrected chi connectivity index (χ3v) is 2.58. The second-order valence-corrected chi connectivity index (χ2v) is 3.88. The smallest absolute Gasteiger partial charge is 0.408 e. The Hall–Kier alpha value is -0.505. The third kappa shape index (κ3) is 2.50. The normalized spacial score (nSPS) is 18.5. The lowest BCUT2D eigenvalue weighted by atomic mass is 9.81. The topological polar surface area (TPSA) is 18.5 Å². The van der Waals surface area contributed by atoms with Crippen molar-refractivity contribution in [3.63, 3.8) is 0 Å². The van der Waals surface area contributed by atoms with E-state index in [1.165, 1.54) is 5.56 Å². The highest BCUT2D eigenvalue weighted by molar-refractivity contribution is 6.59. The van der Waals surface area contributed by atoms with Gasteiger partial charge in [-0.15, -0.1) is 11.6 Å². The zero-order valence-electron chi connectivity index (χ0n) is 7.86. The largest absolute Gasteiger partial charge is 0.476 e. The van der Waals surface area contributed by atoms with Crippen molar-refractivity contribution in [2.75, 3.05) is 13.2 Å². The van der Waals surface area contributed by atoms with Gasteiger partial charge in [-0.2, -0.15) is 0 Å². The summed E-state index contributed by atoms with van der Waals surface area (Å²) in [7, 11) is -0.239. The summed E-state index contributed by atoms with van der Waals surface area (Å²) in [4.78, 5) is 0. The Balaban J connectivity index is 1.90. The van der Waals surface area contributed by atoms with E-state index in [0.717, 1.165) is 6.42 Å². The fourth-order valence-electron chi connectivity index (χ4n) is 1.52. The van der Waals surface area contributed by atoms with Crippen molar-refractivity contribution >= 4 is 18.7 Å². The van der Waals surface area contributed by atoms with E-state index < -0.39 is 0 Å². The van der Waals surface area contributed by atoms with E-state index in [4.69, 9.17) is 20.9 Å². The van der Waals surface area contributed by atoms with Gasteiger partial charge in [-0.3, -0.25) is 0 Å². The van der Waals surface area contributed by atoms with Crippen molar-refractivity contribution < 1.29 is 9.31 Å². The molecule has 0 N–H and O–H groups in total. The van der Waals surface area contributed by atoms with E-state index in [-0.39, 0.29) is 12.4 Å². The molecule has 1 aromatic rings. The van der Waals surface area contributed by atoms with Gasteiger partial charge in [0, 0.05) is 0 Å². The standard InChI is InChI=1S/C10H12BClO2/c12-10(11-13-6-7-14-11)8-9-4-2-1-3-5-9/h1-5,10H,6-8H2. The minimum atomic E-state index is -0.239. The molecule has 0 spiro atoms. The molecule has 2 nitrogen and oxygen atoms in total. The Morgan fingerprint density at radius 1 is 1.21 bits per heavy atom. The number of hydrogen-bond donors (Lipinski definition) is 0. The molecule has 1 saturated heterocycles. The lowest BCUT2D eigenvalue weighted by Gasteiger charge is -2.10. The van der Waals surface area contributed by atoms with Crippen LogP contribution in [-0.4, -0.2) is 25.6 Å². The Kier molecular flexibility index (Phi) is 3.46. The fraction of sp³-hybridized carbons (Fsp3) is 0.400. The van der Waals surface area contributed by atoms with Gasteiger partial charge in [0.15, 0.2) is 0 Å². The van der Waals surface area contributed by atoms with Gasteiger partial charge in [0.25, 0.3) is 0 Å². The summed E-state index contributed by atoms with van der Waals surface area (Å²) >= 11 is 6.17. The monoisotopic (exact) mass is 210 g/mol. The maximum atomic E-state index is 6.17. The van der Waals surface area contributed by atoms with E-state index in [1.807, 2.05) is 18.2 Å². The van der Waals surface area contributed by atoms with Crippen LogP contribution >= 0.6 is 11.6 Å². The molecular weight excluding hydrogens is 198 g/mol. The molecule has 0 bridgehead atoms. The Morgan fingerprint density at radius 3 is 2.50 bits per heavy atom. The molecule has 1 aliphatic heterocycles. The van der Waals surface area contributed by atoms with Gasteiger partial charge in [0.2, 0.25) is 0 Å². The highest BCUT2D eigenvalue weighted by Gasteiger charge is 2.32. The lowest BCUT2D eigenvalue weighted by Crippen LogP contribution is -2.29. The van der Waals surface area contributed by atoms with E-state index in [1.54, 1.807) is 0 Å². The molecular formula is C10H12BClO2. The molecule has 1 aromatic carbocycles. The summed E-state index contributed by atoms with van der Waals surface area (Å²) in [5, 5.41) is -0.0973. The second-order valence-electron chi connectivity index (χ2n) is 3.32. The van der Waals surface area contributed by atoms with Crippen LogP contribution in [0.4, 0.5) is 0 Å². The molecule has 0 aromatic heterocycles. The first-order valence-electron chi connectivity index (χ1n) is 4.77. The summed E-state index contributed by atoms with van der Waals surface area (Å²) in [5.74, 6) is 0. The molecule has 1 aliphatic rings. The predicted molar refractivity (Wildman–Crippen MR) is 57.4 cm³/mol. The number of hydrogen-bond acceptors (Lipinski definition) is 2. The maximum Gasteiger partial charge on any atom is 0.476 e. The molecule has 1 fully saturated rings. The molecule has 2 rings (SSSR count). The quantitative estimate of drug-likeness (QED) is 0.560. The minimum absolute atomic E-state index is 0.0973. The molecule has 1 atom stereocenters. The van der Waals surface area contributed by atoms with Crippen LogP contribution in [0.25, 0.3) is 0 Å². The second kappa shape index (κ2) is 4.83.